The summed E-state index contributed by atoms with van der Waals surface area (Å²) < 4.78 is 30.5. The third-order valence-corrected chi connectivity index (χ3v) is 5.73. The second-order valence-electron chi connectivity index (χ2n) is 8.15. The highest BCUT2D eigenvalue weighted by Crippen LogP contribution is 2.22. The van der Waals surface area contributed by atoms with E-state index in [1.165, 1.54) is 6.07 Å². The second kappa shape index (κ2) is 14.7. The lowest BCUT2D eigenvalue weighted by Gasteiger charge is -2.14. The monoisotopic (exact) mass is 492 g/mol. The zero-order chi connectivity index (χ0) is 24.8. The number of hydrogen-bond acceptors (Lipinski definition) is 7. The summed E-state index contributed by atoms with van der Waals surface area (Å²) in [6.45, 7) is 2.19. The van der Waals surface area contributed by atoms with E-state index in [0.717, 1.165) is 44.0 Å². The van der Waals surface area contributed by atoms with Crippen molar-refractivity contribution in [1.29, 1.82) is 0 Å². The lowest BCUT2D eigenvalue weighted by molar-refractivity contribution is 0.157. The zero-order valence-electron chi connectivity index (χ0n) is 19.6. The fraction of sp³-hybridized carbons (Fsp3) is 0.440. The SMILES string of the molecule is CS(=O)(=O)Nc1ccc(C=CCOCCCCCCNCC(O)c2ccc(O)c(CO)c2)cc1. The van der Waals surface area contributed by atoms with Crippen molar-refractivity contribution in [2.24, 2.45) is 0 Å². The summed E-state index contributed by atoms with van der Waals surface area (Å²) in [5, 5.41) is 32.3. The van der Waals surface area contributed by atoms with Crippen LogP contribution in [0.15, 0.2) is 48.5 Å². The molecule has 2 aromatic rings. The van der Waals surface area contributed by atoms with Gasteiger partial charge in [0.15, 0.2) is 0 Å². The molecule has 0 radical (unpaired) electrons. The van der Waals surface area contributed by atoms with Crippen LogP contribution in [0.3, 0.4) is 0 Å². The smallest absolute Gasteiger partial charge is 0.229 e. The first-order chi connectivity index (χ1) is 16.3. The number of phenols is 1. The quantitative estimate of drug-likeness (QED) is 0.228. The van der Waals surface area contributed by atoms with E-state index in [2.05, 4.69) is 10.0 Å². The molecule has 8 nitrogen and oxygen atoms in total. The molecule has 0 fully saturated rings. The number of unbranched alkanes of at least 4 members (excludes halogenated alkanes) is 3. The molecule has 2 aromatic carbocycles. The first kappa shape index (κ1) is 27.8. The van der Waals surface area contributed by atoms with Crippen molar-refractivity contribution in [1.82, 2.24) is 5.32 Å². The summed E-state index contributed by atoms with van der Waals surface area (Å²) in [5.74, 6) is 0.0301. The van der Waals surface area contributed by atoms with Crippen LogP contribution in [0.1, 0.15) is 48.5 Å². The van der Waals surface area contributed by atoms with Crippen molar-refractivity contribution in [3.63, 3.8) is 0 Å². The number of hydrogen-bond donors (Lipinski definition) is 5. The molecule has 5 N–H and O–H groups in total. The van der Waals surface area contributed by atoms with Gasteiger partial charge < -0.3 is 25.4 Å². The Kier molecular flexibility index (Phi) is 12.1. The topological polar surface area (TPSA) is 128 Å². The second-order valence-corrected chi connectivity index (χ2v) is 9.90. The van der Waals surface area contributed by atoms with E-state index >= 15 is 0 Å². The molecule has 34 heavy (non-hydrogen) atoms. The molecule has 1 atom stereocenters. The Bertz CT molecular complexity index is 993. The molecule has 2 rings (SSSR count). The van der Waals surface area contributed by atoms with Crippen LogP contribution in [-0.4, -0.2) is 56.3 Å². The number of aliphatic hydroxyl groups excluding tert-OH is 2. The lowest BCUT2D eigenvalue weighted by atomic mass is 10.1. The molecule has 0 amide bonds. The van der Waals surface area contributed by atoms with Crippen LogP contribution in [0.5, 0.6) is 5.75 Å². The number of rotatable bonds is 16. The molecule has 9 heteroatoms. The first-order valence-electron chi connectivity index (χ1n) is 11.4. The van der Waals surface area contributed by atoms with Gasteiger partial charge in [-0.25, -0.2) is 8.42 Å². The van der Waals surface area contributed by atoms with Gasteiger partial charge in [-0.05, 0) is 54.8 Å². The summed E-state index contributed by atoms with van der Waals surface area (Å²) >= 11 is 0. The molecular formula is C25H36N2O6S. The van der Waals surface area contributed by atoms with Gasteiger partial charge in [-0.1, -0.05) is 43.2 Å². The highest BCUT2D eigenvalue weighted by atomic mass is 32.2. The predicted octanol–water partition coefficient (Wildman–Crippen LogP) is 3.17. The van der Waals surface area contributed by atoms with Crippen molar-refractivity contribution in [3.05, 3.63) is 65.2 Å². The first-order valence-corrected chi connectivity index (χ1v) is 13.3. The Morgan fingerprint density at radius 1 is 1.06 bits per heavy atom. The molecule has 0 aliphatic rings. The summed E-state index contributed by atoms with van der Waals surface area (Å²) in [5.41, 5.74) is 2.59. The summed E-state index contributed by atoms with van der Waals surface area (Å²) in [7, 11) is -3.26. The van der Waals surface area contributed by atoms with Crippen LogP contribution < -0.4 is 10.0 Å². The van der Waals surface area contributed by atoms with Crippen molar-refractivity contribution >= 4 is 21.8 Å². The maximum Gasteiger partial charge on any atom is 0.229 e. The molecule has 0 saturated heterocycles. The zero-order valence-corrected chi connectivity index (χ0v) is 20.4. The number of aromatic hydroxyl groups is 1. The number of anilines is 1. The fourth-order valence-corrected chi connectivity index (χ4v) is 3.88. The van der Waals surface area contributed by atoms with Gasteiger partial charge in [0.05, 0.1) is 25.6 Å². The largest absolute Gasteiger partial charge is 0.508 e. The number of ether oxygens (including phenoxy) is 1. The molecule has 0 bridgehead atoms. The Labute approximate surface area is 202 Å². The van der Waals surface area contributed by atoms with Crippen LogP contribution in [-0.2, 0) is 21.4 Å². The minimum Gasteiger partial charge on any atom is -0.508 e. The van der Waals surface area contributed by atoms with Crippen molar-refractivity contribution in [2.45, 2.75) is 38.4 Å². The molecule has 0 aliphatic carbocycles. The van der Waals surface area contributed by atoms with E-state index in [-0.39, 0.29) is 12.4 Å². The van der Waals surface area contributed by atoms with Crippen molar-refractivity contribution in [2.75, 3.05) is 37.3 Å². The molecule has 0 saturated carbocycles. The van der Waals surface area contributed by atoms with Gasteiger partial charge in [0.1, 0.15) is 5.75 Å². The van der Waals surface area contributed by atoms with Crippen LogP contribution >= 0.6 is 0 Å². The van der Waals surface area contributed by atoms with Gasteiger partial charge in [-0.3, -0.25) is 4.72 Å². The maximum absolute atomic E-state index is 11.2. The van der Waals surface area contributed by atoms with Gasteiger partial charge in [0, 0.05) is 24.4 Å². The van der Waals surface area contributed by atoms with E-state index in [9.17, 15) is 23.7 Å². The molecule has 1 unspecified atom stereocenters. The average Bonchev–Trinajstić information content (AvgIpc) is 2.80. The Balaban J connectivity index is 1.47. The van der Waals surface area contributed by atoms with Crippen LogP contribution in [0, 0.1) is 0 Å². The Morgan fingerprint density at radius 3 is 2.50 bits per heavy atom. The molecule has 0 spiro atoms. The minimum absolute atomic E-state index is 0.0301. The molecule has 0 heterocycles. The molecular weight excluding hydrogens is 456 g/mol. The highest BCUT2D eigenvalue weighted by Gasteiger charge is 2.09. The van der Waals surface area contributed by atoms with Crippen molar-refractivity contribution in [3.8, 4) is 5.75 Å². The van der Waals surface area contributed by atoms with Gasteiger partial charge >= 0.3 is 0 Å². The summed E-state index contributed by atoms with van der Waals surface area (Å²) in [6, 6.07) is 11.9. The Hall–Kier alpha value is -2.43. The molecule has 188 valence electrons. The van der Waals surface area contributed by atoms with E-state index in [1.807, 2.05) is 24.3 Å². The summed E-state index contributed by atoms with van der Waals surface area (Å²) in [4.78, 5) is 0. The van der Waals surface area contributed by atoms with Gasteiger partial charge in [0.2, 0.25) is 10.0 Å². The van der Waals surface area contributed by atoms with Gasteiger partial charge in [0.25, 0.3) is 0 Å². The minimum atomic E-state index is -3.26. The maximum atomic E-state index is 11.2. The number of nitrogens with one attached hydrogen (secondary N) is 2. The van der Waals surface area contributed by atoms with Crippen LogP contribution in [0.4, 0.5) is 5.69 Å². The van der Waals surface area contributed by atoms with E-state index in [0.29, 0.717) is 36.6 Å². The number of aliphatic hydroxyl groups is 2. The van der Waals surface area contributed by atoms with Gasteiger partial charge in [-0.2, -0.15) is 0 Å². The van der Waals surface area contributed by atoms with E-state index in [4.69, 9.17) is 4.74 Å². The lowest BCUT2D eigenvalue weighted by Crippen LogP contribution is -2.22. The standard InChI is InChI=1S/C25H36N2O6S/c1-34(31,32)27-23-11-8-20(9-12-23)7-6-16-33-15-5-3-2-4-14-26-18-25(30)21-10-13-24(29)22(17-21)19-28/h6-13,17,25-30H,2-5,14-16,18-19H2,1H3. The predicted molar refractivity (Wildman–Crippen MR) is 135 cm³/mol. The average molecular weight is 493 g/mol. The van der Waals surface area contributed by atoms with E-state index in [1.54, 1.807) is 24.3 Å². The van der Waals surface area contributed by atoms with Crippen LogP contribution in [0.25, 0.3) is 6.08 Å². The Morgan fingerprint density at radius 2 is 1.79 bits per heavy atom. The van der Waals surface area contributed by atoms with E-state index < -0.39 is 16.1 Å². The third kappa shape index (κ3) is 11.1. The summed E-state index contributed by atoms with van der Waals surface area (Å²) in [6.07, 6.45) is 8.45. The number of benzene rings is 2. The molecule has 0 aromatic heterocycles. The van der Waals surface area contributed by atoms with Gasteiger partial charge in [-0.15, -0.1) is 0 Å². The fourth-order valence-electron chi connectivity index (χ4n) is 3.32. The van der Waals surface area contributed by atoms with Crippen LogP contribution in [0.2, 0.25) is 0 Å². The third-order valence-electron chi connectivity index (χ3n) is 5.13. The number of sulfonamides is 1. The normalized spacial score (nSPS) is 12.8. The molecule has 0 aliphatic heterocycles. The van der Waals surface area contributed by atoms with Crippen molar-refractivity contribution < 1.29 is 28.5 Å². The highest BCUT2D eigenvalue weighted by molar-refractivity contribution is 7.92.